The normalized spacial score (nSPS) is 14.3. The summed E-state index contributed by atoms with van der Waals surface area (Å²) in [4.78, 5) is 12.0. The van der Waals surface area contributed by atoms with Crippen LogP contribution in [0, 0.1) is 11.6 Å². The number of esters is 1. The molecule has 2 rings (SSSR count). The Morgan fingerprint density at radius 3 is 2.57 bits per heavy atom. The number of halogens is 2. The fourth-order valence-electron chi connectivity index (χ4n) is 1.79. The van der Waals surface area contributed by atoms with Crippen LogP contribution >= 0.6 is 0 Å². The molecule has 0 unspecified atom stereocenters. The summed E-state index contributed by atoms with van der Waals surface area (Å²) >= 11 is 0. The molecule has 0 atom stereocenters. The van der Waals surface area contributed by atoms with Gasteiger partial charge < -0.3 is 19.5 Å². The van der Waals surface area contributed by atoms with E-state index in [0.29, 0.717) is 6.07 Å². The van der Waals surface area contributed by atoms with Gasteiger partial charge in [-0.05, 0) is 18.9 Å². The average Bonchev–Trinajstić information content (AvgIpc) is 3.23. The molecule has 1 N–H and O–H groups in total. The van der Waals surface area contributed by atoms with Gasteiger partial charge in [0, 0.05) is 26.3 Å². The van der Waals surface area contributed by atoms with Gasteiger partial charge in [0.05, 0.1) is 5.69 Å². The minimum absolute atomic E-state index is 0.103. The number of nitrogens with one attached hydrogen (secondary N) is 1. The van der Waals surface area contributed by atoms with Crippen molar-refractivity contribution in [3.05, 3.63) is 29.3 Å². The van der Waals surface area contributed by atoms with Crippen LogP contribution in [0.5, 0.6) is 0 Å². The van der Waals surface area contributed by atoms with Crippen LogP contribution in [0.3, 0.4) is 0 Å². The van der Waals surface area contributed by atoms with Gasteiger partial charge in [-0.2, -0.15) is 0 Å². The van der Waals surface area contributed by atoms with E-state index in [2.05, 4.69) is 5.32 Å². The molecule has 7 heteroatoms. The summed E-state index contributed by atoms with van der Waals surface area (Å²) in [5, 5.41) is 2.92. The van der Waals surface area contributed by atoms with Gasteiger partial charge in [-0.1, -0.05) is 0 Å². The van der Waals surface area contributed by atoms with E-state index in [1.807, 2.05) is 0 Å². The number of carbonyl (C=O) groups excluding carboxylic acids is 1. The zero-order valence-electron chi connectivity index (χ0n) is 11.8. The summed E-state index contributed by atoms with van der Waals surface area (Å²) in [5.74, 6) is -2.61. The Hall–Kier alpha value is -1.73. The number of carbonyl (C=O) groups is 1. The smallest absolute Gasteiger partial charge is 0.343 e. The Bertz CT molecular complexity index is 516. The van der Waals surface area contributed by atoms with Crippen LogP contribution in [0.25, 0.3) is 0 Å². The van der Waals surface area contributed by atoms with Crippen molar-refractivity contribution in [2.24, 2.45) is 0 Å². The molecule has 0 bridgehead atoms. The van der Waals surface area contributed by atoms with Gasteiger partial charge in [0.15, 0.2) is 6.29 Å². The molecule has 21 heavy (non-hydrogen) atoms. The van der Waals surface area contributed by atoms with E-state index in [4.69, 9.17) is 14.2 Å². The van der Waals surface area contributed by atoms with E-state index < -0.39 is 23.9 Å². The van der Waals surface area contributed by atoms with E-state index in [1.165, 1.54) is 14.2 Å². The largest absolute Gasteiger partial charge is 0.457 e. The van der Waals surface area contributed by atoms with Crippen molar-refractivity contribution in [3.8, 4) is 0 Å². The number of ether oxygens (including phenoxy) is 3. The maximum absolute atomic E-state index is 13.9. The Labute approximate surface area is 121 Å². The summed E-state index contributed by atoms with van der Waals surface area (Å²) in [6.07, 6.45) is 1.07. The summed E-state index contributed by atoms with van der Waals surface area (Å²) in [6.45, 7) is -0.189. The predicted octanol–water partition coefficient (Wildman–Crippen LogP) is 2.31. The van der Waals surface area contributed by atoms with E-state index in [0.717, 1.165) is 18.9 Å². The predicted molar refractivity (Wildman–Crippen MR) is 71.1 cm³/mol. The number of anilines is 1. The van der Waals surface area contributed by atoms with Crippen molar-refractivity contribution >= 4 is 11.7 Å². The quantitative estimate of drug-likeness (QED) is 0.619. The molecular weight excluding hydrogens is 284 g/mol. The topological polar surface area (TPSA) is 56.8 Å². The van der Waals surface area contributed by atoms with Crippen molar-refractivity contribution in [2.75, 3.05) is 26.1 Å². The standard InChI is InChI=1S/C14H17F2NO4/c1-19-12(20-2)7-21-14(18)13-10(16)5-8(15)6-11(13)17-9-3-4-9/h5-6,9,12,17H,3-4,7H2,1-2H3. The minimum Gasteiger partial charge on any atom is -0.457 e. The molecule has 1 aromatic rings. The van der Waals surface area contributed by atoms with Gasteiger partial charge >= 0.3 is 5.97 Å². The van der Waals surface area contributed by atoms with Crippen molar-refractivity contribution in [2.45, 2.75) is 25.2 Å². The highest BCUT2D eigenvalue weighted by Crippen LogP contribution is 2.29. The second kappa shape index (κ2) is 6.82. The van der Waals surface area contributed by atoms with Gasteiger partial charge in [0.25, 0.3) is 0 Å². The SMILES string of the molecule is COC(COC(=O)c1c(F)cc(F)cc1NC1CC1)OC. The molecule has 5 nitrogen and oxygen atoms in total. The van der Waals surface area contributed by atoms with Crippen LogP contribution in [-0.4, -0.2) is 39.1 Å². The van der Waals surface area contributed by atoms with Crippen LogP contribution in [0.1, 0.15) is 23.2 Å². The fourth-order valence-corrected chi connectivity index (χ4v) is 1.79. The molecule has 1 fully saturated rings. The Balaban J connectivity index is 2.14. The van der Waals surface area contributed by atoms with Crippen molar-refractivity contribution in [3.63, 3.8) is 0 Å². The molecule has 0 spiro atoms. The van der Waals surface area contributed by atoms with Crippen LogP contribution in [-0.2, 0) is 14.2 Å². The highest BCUT2D eigenvalue weighted by Gasteiger charge is 2.27. The van der Waals surface area contributed by atoms with Gasteiger partial charge in [-0.15, -0.1) is 0 Å². The Morgan fingerprint density at radius 1 is 1.33 bits per heavy atom. The summed E-state index contributed by atoms with van der Waals surface area (Å²) in [6, 6.07) is 1.88. The second-order valence-corrected chi connectivity index (χ2v) is 4.73. The van der Waals surface area contributed by atoms with Gasteiger partial charge in [0.1, 0.15) is 23.8 Å². The third kappa shape index (κ3) is 4.12. The van der Waals surface area contributed by atoms with Crippen LogP contribution in [0.4, 0.5) is 14.5 Å². The molecular formula is C14H17F2NO4. The third-order valence-corrected chi connectivity index (χ3v) is 3.07. The zero-order chi connectivity index (χ0) is 15.4. The fraction of sp³-hybridized carbons (Fsp3) is 0.500. The number of benzene rings is 1. The highest BCUT2D eigenvalue weighted by molar-refractivity contribution is 5.96. The summed E-state index contributed by atoms with van der Waals surface area (Å²) in [7, 11) is 2.78. The molecule has 1 saturated carbocycles. The average molecular weight is 301 g/mol. The second-order valence-electron chi connectivity index (χ2n) is 4.73. The molecule has 116 valence electrons. The first kappa shape index (κ1) is 15.7. The first-order valence-electron chi connectivity index (χ1n) is 6.53. The lowest BCUT2D eigenvalue weighted by Gasteiger charge is -2.15. The molecule has 1 aliphatic rings. The highest BCUT2D eigenvalue weighted by atomic mass is 19.1. The van der Waals surface area contributed by atoms with Crippen molar-refractivity contribution < 1.29 is 27.8 Å². The van der Waals surface area contributed by atoms with Crippen LogP contribution < -0.4 is 5.32 Å². The number of hydrogen-bond donors (Lipinski definition) is 1. The molecule has 0 aromatic heterocycles. The molecule has 0 heterocycles. The van der Waals surface area contributed by atoms with Crippen LogP contribution in [0.2, 0.25) is 0 Å². The lowest BCUT2D eigenvalue weighted by atomic mass is 10.1. The summed E-state index contributed by atoms with van der Waals surface area (Å²) < 4.78 is 41.9. The molecule has 0 radical (unpaired) electrons. The monoisotopic (exact) mass is 301 g/mol. The maximum atomic E-state index is 13.9. The van der Waals surface area contributed by atoms with Gasteiger partial charge in [-0.25, -0.2) is 13.6 Å². The number of hydrogen-bond acceptors (Lipinski definition) is 5. The van der Waals surface area contributed by atoms with E-state index in [1.54, 1.807) is 0 Å². The zero-order valence-corrected chi connectivity index (χ0v) is 11.8. The molecule has 0 saturated heterocycles. The van der Waals surface area contributed by atoms with Crippen molar-refractivity contribution in [1.82, 2.24) is 0 Å². The minimum atomic E-state index is -0.963. The molecule has 1 aromatic carbocycles. The summed E-state index contributed by atoms with van der Waals surface area (Å²) in [5.41, 5.74) is -0.208. The number of rotatable bonds is 7. The molecule has 1 aliphatic carbocycles. The molecule has 0 aliphatic heterocycles. The van der Waals surface area contributed by atoms with E-state index in [9.17, 15) is 13.6 Å². The van der Waals surface area contributed by atoms with Crippen molar-refractivity contribution in [1.29, 1.82) is 0 Å². The van der Waals surface area contributed by atoms with Gasteiger partial charge in [0.2, 0.25) is 0 Å². The lowest BCUT2D eigenvalue weighted by molar-refractivity contribution is -0.129. The van der Waals surface area contributed by atoms with E-state index >= 15 is 0 Å². The maximum Gasteiger partial charge on any atom is 0.343 e. The van der Waals surface area contributed by atoms with Crippen LogP contribution in [0.15, 0.2) is 12.1 Å². The molecule has 0 amide bonds. The van der Waals surface area contributed by atoms with Gasteiger partial charge in [-0.3, -0.25) is 0 Å². The Kier molecular flexibility index (Phi) is 5.08. The first-order valence-corrected chi connectivity index (χ1v) is 6.53. The van der Waals surface area contributed by atoms with E-state index in [-0.39, 0.29) is 23.9 Å². The lowest BCUT2D eigenvalue weighted by Crippen LogP contribution is -2.23. The number of methoxy groups -OCH3 is 2. The Morgan fingerprint density at radius 2 is 2.00 bits per heavy atom. The first-order chi connectivity index (χ1) is 10.0. The third-order valence-electron chi connectivity index (χ3n) is 3.07.